The second-order valence-corrected chi connectivity index (χ2v) is 6.01. The van der Waals surface area contributed by atoms with E-state index in [1.807, 2.05) is 0 Å². The van der Waals surface area contributed by atoms with Crippen molar-refractivity contribution < 1.29 is 23.9 Å². The Labute approximate surface area is 142 Å². The highest BCUT2D eigenvalue weighted by atomic mass is 32.2. The number of amides is 3. The highest BCUT2D eigenvalue weighted by molar-refractivity contribution is 8.18. The standard InChI is InChI=1S/C16H17FN2O4S/c1-2-18(7-8-20)14(21)10-19-15(22)13(24-16(19)23)9-11-3-5-12(17)6-4-11/h3-6,9,20H,2,7-8,10H2,1H3/b13-9-. The molecule has 0 unspecified atom stereocenters. The summed E-state index contributed by atoms with van der Waals surface area (Å²) < 4.78 is 12.9. The maximum absolute atomic E-state index is 12.9. The fourth-order valence-corrected chi connectivity index (χ4v) is 3.00. The van der Waals surface area contributed by atoms with Crippen LogP contribution in [0.1, 0.15) is 12.5 Å². The zero-order valence-electron chi connectivity index (χ0n) is 13.1. The van der Waals surface area contributed by atoms with E-state index in [0.29, 0.717) is 12.1 Å². The molecule has 8 heteroatoms. The molecule has 1 heterocycles. The monoisotopic (exact) mass is 352 g/mol. The number of carbonyl (C=O) groups excluding carboxylic acids is 3. The fourth-order valence-electron chi connectivity index (χ4n) is 2.16. The van der Waals surface area contributed by atoms with Crippen LogP contribution in [0.15, 0.2) is 29.2 Å². The number of likely N-dealkylation sites (N-methyl/N-ethyl adjacent to an activating group) is 1. The van der Waals surface area contributed by atoms with Crippen LogP contribution in [0, 0.1) is 5.82 Å². The largest absolute Gasteiger partial charge is 0.395 e. The number of nitrogens with zero attached hydrogens (tertiary/aromatic N) is 2. The van der Waals surface area contributed by atoms with Crippen LogP contribution in [0.3, 0.4) is 0 Å². The molecule has 6 nitrogen and oxygen atoms in total. The van der Waals surface area contributed by atoms with Crippen molar-refractivity contribution in [2.75, 3.05) is 26.2 Å². The summed E-state index contributed by atoms with van der Waals surface area (Å²) >= 11 is 0.740. The third kappa shape index (κ3) is 4.21. The Morgan fingerprint density at radius 2 is 2.00 bits per heavy atom. The van der Waals surface area contributed by atoms with E-state index < -0.39 is 22.9 Å². The molecule has 0 radical (unpaired) electrons. The molecule has 3 amide bonds. The number of thioether (sulfide) groups is 1. The molecule has 1 aliphatic rings. The Hall–Kier alpha value is -2.19. The zero-order chi connectivity index (χ0) is 17.7. The van der Waals surface area contributed by atoms with Crippen molar-refractivity contribution in [3.05, 3.63) is 40.6 Å². The first kappa shape index (κ1) is 18.2. The second kappa shape index (κ2) is 8.07. The summed E-state index contributed by atoms with van der Waals surface area (Å²) in [6, 6.07) is 5.50. The van der Waals surface area contributed by atoms with Gasteiger partial charge in [-0.2, -0.15) is 0 Å². The van der Waals surface area contributed by atoms with Gasteiger partial charge in [0.15, 0.2) is 0 Å². The molecule has 1 aromatic rings. The molecular formula is C16H17FN2O4S. The van der Waals surface area contributed by atoms with Crippen LogP contribution in [0.5, 0.6) is 0 Å². The lowest BCUT2D eigenvalue weighted by Crippen LogP contribution is -2.43. The summed E-state index contributed by atoms with van der Waals surface area (Å²) in [6.07, 6.45) is 1.49. The summed E-state index contributed by atoms with van der Waals surface area (Å²) in [5.41, 5.74) is 0.587. The van der Waals surface area contributed by atoms with Crippen LogP contribution >= 0.6 is 11.8 Å². The Bertz CT molecular complexity index is 675. The van der Waals surface area contributed by atoms with Gasteiger partial charge in [0.25, 0.3) is 11.1 Å². The molecule has 0 atom stereocenters. The van der Waals surface area contributed by atoms with E-state index >= 15 is 0 Å². The van der Waals surface area contributed by atoms with Gasteiger partial charge in [-0.3, -0.25) is 19.3 Å². The first-order chi connectivity index (χ1) is 11.5. The van der Waals surface area contributed by atoms with Crippen LogP contribution < -0.4 is 0 Å². The molecule has 1 aromatic carbocycles. The molecule has 1 saturated heterocycles. The van der Waals surface area contributed by atoms with Gasteiger partial charge in [0.05, 0.1) is 11.5 Å². The molecule has 1 N–H and O–H groups in total. The molecule has 0 aliphatic carbocycles. The summed E-state index contributed by atoms with van der Waals surface area (Å²) in [6.45, 7) is 1.72. The fraction of sp³-hybridized carbons (Fsp3) is 0.312. The van der Waals surface area contributed by atoms with Crippen molar-refractivity contribution in [1.82, 2.24) is 9.80 Å². The second-order valence-electron chi connectivity index (χ2n) is 5.02. The van der Waals surface area contributed by atoms with Gasteiger partial charge < -0.3 is 10.0 Å². The molecule has 2 rings (SSSR count). The van der Waals surface area contributed by atoms with Gasteiger partial charge in [0.2, 0.25) is 5.91 Å². The number of rotatable bonds is 6. The van der Waals surface area contributed by atoms with Crippen molar-refractivity contribution in [1.29, 1.82) is 0 Å². The smallest absolute Gasteiger partial charge is 0.294 e. The Balaban J connectivity index is 2.11. The number of carbonyl (C=O) groups is 3. The maximum Gasteiger partial charge on any atom is 0.294 e. The van der Waals surface area contributed by atoms with E-state index in [-0.39, 0.29) is 24.6 Å². The van der Waals surface area contributed by atoms with Gasteiger partial charge in [-0.05, 0) is 42.5 Å². The van der Waals surface area contributed by atoms with Gasteiger partial charge in [-0.25, -0.2) is 4.39 Å². The third-order valence-corrected chi connectivity index (χ3v) is 4.35. The molecule has 0 aromatic heterocycles. The average Bonchev–Trinajstić information content (AvgIpc) is 2.82. The summed E-state index contributed by atoms with van der Waals surface area (Å²) in [5, 5.41) is 8.40. The molecule has 24 heavy (non-hydrogen) atoms. The number of benzene rings is 1. The topological polar surface area (TPSA) is 77.9 Å². The minimum absolute atomic E-state index is 0.150. The Kier molecular flexibility index (Phi) is 6.10. The van der Waals surface area contributed by atoms with Gasteiger partial charge in [-0.15, -0.1) is 0 Å². The molecule has 0 saturated carbocycles. The van der Waals surface area contributed by atoms with E-state index in [1.165, 1.54) is 35.2 Å². The number of imide groups is 1. The minimum atomic E-state index is -0.553. The van der Waals surface area contributed by atoms with Crippen LogP contribution in [0.4, 0.5) is 9.18 Å². The van der Waals surface area contributed by atoms with Gasteiger partial charge in [0.1, 0.15) is 12.4 Å². The lowest BCUT2D eigenvalue weighted by atomic mass is 10.2. The molecular weight excluding hydrogens is 335 g/mol. The number of halogens is 1. The van der Waals surface area contributed by atoms with Gasteiger partial charge in [0, 0.05) is 13.1 Å². The molecule has 0 spiro atoms. The van der Waals surface area contributed by atoms with Crippen molar-refractivity contribution in [2.24, 2.45) is 0 Å². The average molecular weight is 352 g/mol. The first-order valence-electron chi connectivity index (χ1n) is 7.35. The van der Waals surface area contributed by atoms with Gasteiger partial charge >= 0.3 is 0 Å². The summed E-state index contributed by atoms with van der Waals surface area (Å²) in [7, 11) is 0. The SMILES string of the molecule is CCN(CCO)C(=O)CN1C(=O)S/C(=C\c2ccc(F)cc2)C1=O. The zero-order valence-corrected chi connectivity index (χ0v) is 13.9. The predicted octanol–water partition coefficient (Wildman–Crippen LogP) is 1.70. The number of aliphatic hydroxyl groups excluding tert-OH is 1. The van der Waals surface area contributed by atoms with Gasteiger partial charge in [-0.1, -0.05) is 12.1 Å². The Morgan fingerprint density at radius 3 is 2.58 bits per heavy atom. The van der Waals surface area contributed by atoms with Crippen molar-refractivity contribution >= 4 is 34.9 Å². The maximum atomic E-state index is 12.9. The first-order valence-corrected chi connectivity index (χ1v) is 8.17. The van der Waals surface area contributed by atoms with E-state index in [0.717, 1.165) is 16.7 Å². The lowest BCUT2D eigenvalue weighted by Gasteiger charge is -2.22. The minimum Gasteiger partial charge on any atom is -0.395 e. The quantitative estimate of drug-likeness (QED) is 0.789. The number of aliphatic hydroxyl groups is 1. The van der Waals surface area contributed by atoms with E-state index in [4.69, 9.17) is 5.11 Å². The van der Waals surface area contributed by atoms with Crippen molar-refractivity contribution in [3.8, 4) is 0 Å². The third-order valence-electron chi connectivity index (χ3n) is 3.44. The summed E-state index contributed by atoms with van der Waals surface area (Å²) in [5.74, 6) is -1.35. The van der Waals surface area contributed by atoms with Crippen LogP contribution in [0.25, 0.3) is 6.08 Å². The normalized spacial score (nSPS) is 16.1. The van der Waals surface area contributed by atoms with E-state index in [9.17, 15) is 18.8 Å². The molecule has 128 valence electrons. The molecule has 1 fully saturated rings. The van der Waals surface area contributed by atoms with Crippen LogP contribution in [-0.2, 0) is 9.59 Å². The number of hydrogen-bond donors (Lipinski definition) is 1. The Morgan fingerprint density at radius 1 is 1.33 bits per heavy atom. The van der Waals surface area contributed by atoms with E-state index in [2.05, 4.69) is 0 Å². The summed E-state index contributed by atoms with van der Waals surface area (Å²) in [4.78, 5) is 38.8. The van der Waals surface area contributed by atoms with E-state index in [1.54, 1.807) is 6.92 Å². The highest BCUT2D eigenvalue weighted by Crippen LogP contribution is 2.32. The van der Waals surface area contributed by atoms with Crippen molar-refractivity contribution in [3.63, 3.8) is 0 Å². The van der Waals surface area contributed by atoms with Crippen molar-refractivity contribution in [2.45, 2.75) is 6.92 Å². The molecule has 1 aliphatic heterocycles. The van der Waals surface area contributed by atoms with Crippen LogP contribution in [0.2, 0.25) is 0 Å². The lowest BCUT2D eigenvalue weighted by molar-refractivity contribution is -0.136. The van der Waals surface area contributed by atoms with Crippen LogP contribution in [-0.4, -0.2) is 58.2 Å². The molecule has 0 bridgehead atoms. The predicted molar refractivity (Wildman–Crippen MR) is 88.4 cm³/mol. The number of hydrogen-bond acceptors (Lipinski definition) is 5. The highest BCUT2D eigenvalue weighted by Gasteiger charge is 2.36.